The molecule has 1 unspecified atom stereocenters. The largest absolute Gasteiger partial charge is 0.392 e. The van der Waals surface area contributed by atoms with Gasteiger partial charge in [-0.3, -0.25) is 5.10 Å². The third kappa shape index (κ3) is 1.98. The minimum absolute atomic E-state index is 0.0203. The third-order valence-electron chi connectivity index (χ3n) is 2.93. The van der Waals surface area contributed by atoms with E-state index in [2.05, 4.69) is 14.9 Å². The molecule has 0 aliphatic heterocycles. The number of hydrogen-bond acceptors (Lipinski definition) is 4. The van der Waals surface area contributed by atoms with Gasteiger partial charge in [-0.15, -0.1) is 0 Å². The molecule has 1 heterocycles. The topological polar surface area (TPSA) is 95.1 Å². The number of aromatic amines is 1. The zero-order valence-corrected chi connectivity index (χ0v) is 10.0. The van der Waals surface area contributed by atoms with Crippen LogP contribution < -0.4 is 4.72 Å². The lowest BCUT2D eigenvalue weighted by Crippen LogP contribution is -2.29. The van der Waals surface area contributed by atoms with Gasteiger partial charge in [0, 0.05) is 11.6 Å². The zero-order chi connectivity index (χ0) is 12.0. The minimum Gasteiger partial charge on any atom is -0.392 e. The van der Waals surface area contributed by atoms with Crippen LogP contribution >= 0.6 is 0 Å². The SMILES string of the molecule is CC1(C)CC1NS(=O)(=O)c1[nH]ncc1CO. The van der Waals surface area contributed by atoms with Gasteiger partial charge in [0.05, 0.1) is 12.8 Å². The Morgan fingerprint density at radius 2 is 2.31 bits per heavy atom. The fourth-order valence-corrected chi connectivity index (χ4v) is 3.09. The highest BCUT2D eigenvalue weighted by Gasteiger charge is 2.48. The van der Waals surface area contributed by atoms with Gasteiger partial charge in [0.25, 0.3) is 10.0 Å². The molecule has 0 amide bonds. The Morgan fingerprint density at radius 1 is 1.69 bits per heavy atom. The van der Waals surface area contributed by atoms with Gasteiger partial charge in [-0.25, -0.2) is 13.1 Å². The van der Waals surface area contributed by atoms with Crippen molar-refractivity contribution in [3.63, 3.8) is 0 Å². The molecule has 1 aromatic rings. The normalized spacial score (nSPS) is 23.3. The second kappa shape index (κ2) is 3.54. The fraction of sp³-hybridized carbons (Fsp3) is 0.667. The van der Waals surface area contributed by atoms with Crippen LogP contribution in [0.15, 0.2) is 11.2 Å². The lowest BCUT2D eigenvalue weighted by molar-refractivity contribution is 0.278. The Kier molecular flexibility index (Phi) is 2.56. The average Bonchev–Trinajstić information content (AvgIpc) is 2.67. The van der Waals surface area contributed by atoms with Gasteiger partial charge in [-0.05, 0) is 11.8 Å². The average molecular weight is 245 g/mol. The first-order valence-electron chi connectivity index (χ1n) is 5.02. The Bertz CT molecular complexity index is 492. The number of hydrogen-bond donors (Lipinski definition) is 3. The van der Waals surface area contributed by atoms with Gasteiger partial charge in [-0.2, -0.15) is 5.10 Å². The summed E-state index contributed by atoms with van der Waals surface area (Å²) in [5.74, 6) is 0. The van der Waals surface area contributed by atoms with E-state index in [-0.39, 0.29) is 28.7 Å². The smallest absolute Gasteiger partial charge is 0.258 e. The highest BCUT2D eigenvalue weighted by atomic mass is 32.2. The summed E-state index contributed by atoms with van der Waals surface area (Å²) in [5.41, 5.74) is 0.304. The third-order valence-corrected chi connectivity index (χ3v) is 4.41. The van der Waals surface area contributed by atoms with E-state index >= 15 is 0 Å². The first kappa shape index (κ1) is 11.6. The van der Waals surface area contributed by atoms with E-state index in [1.807, 2.05) is 13.8 Å². The monoisotopic (exact) mass is 245 g/mol. The number of rotatable bonds is 4. The molecule has 0 radical (unpaired) electrons. The van der Waals surface area contributed by atoms with Gasteiger partial charge in [0.15, 0.2) is 5.03 Å². The summed E-state index contributed by atoms with van der Waals surface area (Å²) in [6.07, 6.45) is 2.14. The van der Waals surface area contributed by atoms with Crippen molar-refractivity contribution < 1.29 is 13.5 Å². The van der Waals surface area contributed by atoms with Crippen molar-refractivity contribution in [2.75, 3.05) is 0 Å². The van der Waals surface area contributed by atoms with Crippen LogP contribution in [0.4, 0.5) is 0 Å². The number of aromatic nitrogens is 2. The number of H-pyrrole nitrogens is 1. The van der Waals surface area contributed by atoms with E-state index < -0.39 is 10.0 Å². The number of nitrogens with zero attached hydrogens (tertiary/aromatic N) is 1. The van der Waals surface area contributed by atoms with Crippen LogP contribution in [0.3, 0.4) is 0 Å². The summed E-state index contributed by atoms with van der Waals surface area (Å²) in [5, 5.41) is 14.9. The number of nitrogens with one attached hydrogen (secondary N) is 2. The van der Waals surface area contributed by atoms with Crippen LogP contribution in [0.2, 0.25) is 0 Å². The van der Waals surface area contributed by atoms with E-state index in [9.17, 15) is 8.42 Å². The summed E-state index contributed by atoms with van der Waals surface area (Å²) >= 11 is 0. The Balaban J connectivity index is 2.20. The van der Waals surface area contributed by atoms with Crippen LogP contribution in [0, 0.1) is 5.41 Å². The summed E-state index contributed by atoms with van der Waals surface area (Å²) in [6, 6.07) is -0.0349. The second-order valence-electron chi connectivity index (χ2n) is 4.75. The molecule has 90 valence electrons. The molecule has 1 atom stereocenters. The first-order valence-corrected chi connectivity index (χ1v) is 6.50. The van der Waals surface area contributed by atoms with Gasteiger partial charge in [-0.1, -0.05) is 13.8 Å². The Labute approximate surface area is 94.1 Å². The molecule has 1 aliphatic carbocycles. The van der Waals surface area contributed by atoms with E-state index in [1.54, 1.807) is 0 Å². The molecule has 0 saturated heterocycles. The van der Waals surface area contributed by atoms with E-state index in [4.69, 9.17) is 5.11 Å². The van der Waals surface area contributed by atoms with E-state index in [0.717, 1.165) is 6.42 Å². The van der Waals surface area contributed by atoms with Crippen LogP contribution in [-0.2, 0) is 16.6 Å². The van der Waals surface area contributed by atoms with Gasteiger partial charge in [0.2, 0.25) is 0 Å². The molecule has 7 heteroatoms. The molecule has 16 heavy (non-hydrogen) atoms. The number of aliphatic hydroxyl groups excluding tert-OH is 1. The van der Waals surface area contributed by atoms with Crippen molar-refractivity contribution in [2.24, 2.45) is 5.41 Å². The van der Waals surface area contributed by atoms with Gasteiger partial charge in [0.1, 0.15) is 0 Å². The number of aliphatic hydroxyl groups is 1. The highest BCUT2D eigenvalue weighted by Crippen LogP contribution is 2.45. The lowest BCUT2D eigenvalue weighted by Gasteiger charge is -2.07. The maximum atomic E-state index is 11.9. The van der Waals surface area contributed by atoms with Crippen LogP contribution in [0.1, 0.15) is 25.8 Å². The molecule has 1 saturated carbocycles. The summed E-state index contributed by atoms with van der Waals surface area (Å²) in [6.45, 7) is 3.65. The second-order valence-corrected chi connectivity index (χ2v) is 6.40. The standard InChI is InChI=1S/C9H15N3O3S/c1-9(2)3-7(9)12-16(14,15)8-6(5-13)4-10-11-8/h4,7,12-13H,3,5H2,1-2H3,(H,10,11). The van der Waals surface area contributed by atoms with Crippen LogP contribution in [0.5, 0.6) is 0 Å². The van der Waals surface area contributed by atoms with Crippen molar-refractivity contribution in [3.8, 4) is 0 Å². The van der Waals surface area contributed by atoms with Gasteiger partial charge >= 0.3 is 0 Å². The maximum Gasteiger partial charge on any atom is 0.258 e. The van der Waals surface area contributed by atoms with Crippen molar-refractivity contribution in [1.29, 1.82) is 0 Å². The predicted octanol–water partition coefficient (Wildman–Crippen LogP) is -0.0212. The summed E-state index contributed by atoms with van der Waals surface area (Å²) < 4.78 is 26.4. The summed E-state index contributed by atoms with van der Waals surface area (Å²) in [4.78, 5) is 0. The Hall–Kier alpha value is -0.920. The van der Waals surface area contributed by atoms with Crippen molar-refractivity contribution in [1.82, 2.24) is 14.9 Å². The summed E-state index contributed by atoms with van der Waals surface area (Å²) in [7, 11) is -3.60. The molecule has 1 aliphatic rings. The minimum atomic E-state index is -3.60. The highest BCUT2D eigenvalue weighted by molar-refractivity contribution is 7.89. The predicted molar refractivity (Wildman–Crippen MR) is 57.0 cm³/mol. The lowest BCUT2D eigenvalue weighted by atomic mass is 10.2. The molecule has 0 bridgehead atoms. The molecule has 1 fully saturated rings. The molecule has 0 spiro atoms. The number of sulfonamides is 1. The Morgan fingerprint density at radius 3 is 2.81 bits per heavy atom. The van der Waals surface area contributed by atoms with Crippen molar-refractivity contribution in [3.05, 3.63) is 11.8 Å². The zero-order valence-electron chi connectivity index (χ0n) is 9.19. The van der Waals surface area contributed by atoms with E-state index in [0.29, 0.717) is 0 Å². The molecule has 2 rings (SSSR count). The molecule has 6 nitrogen and oxygen atoms in total. The van der Waals surface area contributed by atoms with E-state index in [1.165, 1.54) is 6.20 Å². The maximum absolute atomic E-state index is 11.9. The quantitative estimate of drug-likeness (QED) is 0.694. The first-order chi connectivity index (χ1) is 7.37. The molecular weight excluding hydrogens is 230 g/mol. The van der Waals surface area contributed by atoms with Crippen molar-refractivity contribution >= 4 is 10.0 Å². The fourth-order valence-electron chi connectivity index (χ4n) is 1.56. The molecule has 1 aromatic heterocycles. The van der Waals surface area contributed by atoms with Crippen LogP contribution in [-0.4, -0.2) is 29.8 Å². The van der Waals surface area contributed by atoms with Gasteiger partial charge < -0.3 is 5.11 Å². The molecule has 0 aromatic carbocycles. The molecular formula is C9H15N3O3S. The van der Waals surface area contributed by atoms with Crippen LogP contribution in [0.25, 0.3) is 0 Å². The van der Waals surface area contributed by atoms with Crippen molar-refractivity contribution in [2.45, 2.75) is 37.9 Å². The molecule has 3 N–H and O–H groups in total.